The van der Waals surface area contributed by atoms with Crippen LogP contribution in [0.2, 0.25) is 5.02 Å². The van der Waals surface area contributed by atoms with Crippen LogP contribution in [0.15, 0.2) is 30.6 Å². The van der Waals surface area contributed by atoms with Gasteiger partial charge in [0.15, 0.2) is 5.13 Å². The number of amides is 1. The van der Waals surface area contributed by atoms with E-state index in [2.05, 4.69) is 32.1 Å². The van der Waals surface area contributed by atoms with E-state index in [0.29, 0.717) is 50.0 Å². The number of halogens is 4. The predicted molar refractivity (Wildman–Crippen MR) is 149 cm³/mol. The lowest BCUT2D eigenvalue weighted by Gasteiger charge is -2.30. The van der Waals surface area contributed by atoms with Gasteiger partial charge in [-0.15, -0.1) is 0 Å². The molecule has 3 aromatic rings. The van der Waals surface area contributed by atoms with Gasteiger partial charge in [0.05, 0.1) is 34.6 Å². The number of aromatic nitrogens is 3. The van der Waals surface area contributed by atoms with Crippen molar-refractivity contribution in [2.45, 2.75) is 51.4 Å². The van der Waals surface area contributed by atoms with Crippen LogP contribution < -0.4 is 10.2 Å². The first-order valence-electron chi connectivity index (χ1n) is 13.2. The fraction of sp³-hybridized carbons (Fsp3) is 0.444. The van der Waals surface area contributed by atoms with Gasteiger partial charge in [-0.05, 0) is 51.3 Å². The number of hydrogen-bond donors (Lipinski definition) is 2. The summed E-state index contributed by atoms with van der Waals surface area (Å²) in [6.07, 6.45) is 1.25. The Hall–Kier alpha value is -3.29. The van der Waals surface area contributed by atoms with Crippen molar-refractivity contribution in [3.8, 4) is 11.3 Å². The molecule has 5 rings (SSSR count). The number of likely N-dealkylation sites (tertiary alicyclic amines) is 1. The third kappa shape index (κ3) is 6.62. The molecule has 1 amide bonds. The zero-order chi connectivity index (χ0) is 29.3. The molecule has 0 radical (unpaired) electrons. The maximum Gasteiger partial charge on any atom is 0.417 e. The molecule has 1 atom stereocenters. The molecule has 0 bridgehead atoms. The summed E-state index contributed by atoms with van der Waals surface area (Å²) in [7, 11) is 0. The van der Waals surface area contributed by atoms with Crippen LogP contribution in [0.3, 0.4) is 0 Å². The molecule has 14 heteroatoms. The first-order chi connectivity index (χ1) is 19.5. The minimum absolute atomic E-state index is 0.0477. The van der Waals surface area contributed by atoms with Crippen molar-refractivity contribution in [2.24, 2.45) is 5.92 Å². The molecule has 2 aliphatic rings. The molecule has 0 saturated carbocycles. The van der Waals surface area contributed by atoms with Crippen LogP contribution in [0.1, 0.15) is 53.5 Å². The molecule has 0 spiro atoms. The van der Waals surface area contributed by atoms with E-state index < -0.39 is 28.6 Å². The number of carboxylic acid groups (broad SMARTS) is 1. The number of hydrogen-bond acceptors (Lipinski definition) is 8. The summed E-state index contributed by atoms with van der Waals surface area (Å²) < 4.78 is 40.7. The topological polar surface area (TPSA) is 112 Å². The number of nitrogens with one attached hydrogen (secondary N) is 1. The van der Waals surface area contributed by atoms with Gasteiger partial charge >= 0.3 is 12.1 Å². The average Bonchev–Trinajstić information content (AvgIpc) is 3.53. The SMILES string of the molecule is C[C@@H]1CCCN1Cc1sc(NC(=O)c2cnc(N3CCC(C(=O)O)CC3)cn2)nc1-c1ccc(Cl)c(C(F)(F)F)c1. The second-order valence-corrected chi connectivity index (χ2v) is 11.7. The molecular formula is C27H28ClF3N6O3S. The van der Waals surface area contributed by atoms with E-state index in [4.69, 9.17) is 11.6 Å². The van der Waals surface area contributed by atoms with Crippen molar-refractivity contribution in [3.05, 3.63) is 51.7 Å². The summed E-state index contributed by atoms with van der Waals surface area (Å²) >= 11 is 7.05. The van der Waals surface area contributed by atoms with Gasteiger partial charge < -0.3 is 10.0 Å². The van der Waals surface area contributed by atoms with E-state index in [-0.39, 0.29) is 22.3 Å². The Morgan fingerprint density at radius 2 is 1.90 bits per heavy atom. The lowest BCUT2D eigenvalue weighted by Crippen LogP contribution is -2.36. The number of aliphatic carboxylic acids is 1. The minimum atomic E-state index is -4.62. The highest BCUT2D eigenvalue weighted by Crippen LogP contribution is 2.40. The molecule has 4 heterocycles. The summed E-state index contributed by atoms with van der Waals surface area (Å²) in [5.74, 6) is -1.18. The highest BCUT2D eigenvalue weighted by Gasteiger charge is 2.34. The fourth-order valence-electron chi connectivity index (χ4n) is 5.16. The molecule has 9 nitrogen and oxygen atoms in total. The van der Waals surface area contributed by atoms with E-state index in [1.807, 2.05) is 4.90 Å². The first kappa shape index (κ1) is 29.2. The first-order valence-corrected chi connectivity index (χ1v) is 14.4. The van der Waals surface area contributed by atoms with Gasteiger partial charge in [-0.25, -0.2) is 15.0 Å². The molecule has 2 saturated heterocycles. The van der Waals surface area contributed by atoms with Gasteiger partial charge in [-0.2, -0.15) is 13.2 Å². The fourth-order valence-corrected chi connectivity index (χ4v) is 6.39. The number of rotatable bonds is 7. The van der Waals surface area contributed by atoms with E-state index >= 15 is 0 Å². The Morgan fingerprint density at radius 1 is 1.15 bits per heavy atom. The standard InChI is InChI=1S/C27H28ClF3N6O3S/c1-15-3-2-8-37(15)14-21-23(17-4-5-19(28)18(11-17)27(29,30)31)34-26(41-21)35-24(38)20-12-33-22(13-32-20)36-9-6-16(7-10-36)25(39)40/h4-5,11-13,15-16H,2-3,6-10,14H2,1H3,(H,39,40)(H,34,35,38)/t15-/m1/s1. The number of alkyl halides is 3. The van der Waals surface area contributed by atoms with Crippen LogP contribution in [0, 0.1) is 5.92 Å². The van der Waals surface area contributed by atoms with Crippen LogP contribution in [0.25, 0.3) is 11.3 Å². The number of benzene rings is 1. The summed E-state index contributed by atoms with van der Waals surface area (Å²) in [4.78, 5) is 42.2. The van der Waals surface area contributed by atoms with Gasteiger partial charge in [0.1, 0.15) is 11.5 Å². The number of carbonyl (C=O) groups excluding carboxylic acids is 1. The molecule has 2 aliphatic heterocycles. The van der Waals surface area contributed by atoms with Gasteiger partial charge in [-0.3, -0.25) is 19.8 Å². The van der Waals surface area contributed by atoms with Gasteiger partial charge in [0, 0.05) is 36.1 Å². The van der Waals surface area contributed by atoms with E-state index in [1.54, 1.807) is 0 Å². The average molecular weight is 609 g/mol. The van der Waals surface area contributed by atoms with Crippen LogP contribution in [0.5, 0.6) is 0 Å². The summed E-state index contributed by atoms with van der Waals surface area (Å²) in [5, 5.41) is 11.7. The lowest BCUT2D eigenvalue weighted by atomic mass is 9.97. The zero-order valence-electron chi connectivity index (χ0n) is 22.1. The molecule has 218 valence electrons. The maximum absolute atomic E-state index is 13.6. The Balaban J connectivity index is 1.36. The lowest BCUT2D eigenvalue weighted by molar-refractivity contribution is -0.142. The van der Waals surface area contributed by atoms with Crippen molar-refractivity contribution in [2.75, 3.05) is 29.9 Å². The van der Waals surface area contributed by atoms with Crippen molar-refractivity contribution in [1.82, 2.24) is 19.9 Å². The van der Waals surface area contributed by atoms with E-state index in [1.165, 1.54) is 35.9 Å². The molecule has 2 aromatic heterocycles. The zero-order valence-corrected chi connectivity index (χ0v) is 23.7. The Kier molecular flexibility index (Phi) is 8.48. The maximum atomic E-state index is 13.6. The van der Waals surface area contributed by atoms with Crippen LogP contribution >= 0.6 is 22.9 Å². The molecule has 0 unspecified atom stereocenters. The highest BCUT2D eigenvalue weighted by atomic mass is 35.5. The third-order valence-corrected chi connectivity index (χ3v) is 8.82. The number of carboxylic acids is 1. The number of thiazole rings is 1. The summed E-state index contributed by atoms with van der Waals surface area (Å²) in [5.41, 5.74) is -0.279. The van der Waals surface area contributed by atoms with Crippen LogP contribution in [0.4, 0.5) is 24.1 Å². The normalized spacial score (nSPS) is 18.6. The van der Waals surface area contributed by atoms with Crippen LogP contribution in [-0.4, -0.2) is 62.5 Å². The molecule has 0 aliphatic carbocycles. The largest absolute Gasteiger partial charge is 0.481 e. The molecule has 41 heavy (non-hydrogen) atoms. The Labute approximate surface area is 243 Å². The number of anilines is 2. The van der Waals surface area contributed by atoms with Crippen LogP contribution in [-0.2, 0) is 17.5 Å². The van der Waals surface area contributed by atoms with Gasteiger partial charge in [-0.1, -0.05) is 29.0 Å². The highest BCUT2D eigenvalue weighted by molar-refractivity contribution is 7.16. The Bertz CT molecular complexity index is 1430. The van der Waals surface area contributed by atoms with Crippen molar-refractivity contribution in [1.29, 1.82) is 0 Å². The minimum Gasteiger partial charge on any atom is -0.481 e. The second kappa shape index (κ2) is 11.9. The third-order valence-electron chi connectivity index (χ3n) is 7.54. The van der Waals surface area contributed by atoms with Crippen molar-refractivity contribution >= 4 is 45.8 Å². The van der Waals surface area contributed by atoms with Crippen molar-refractivity contribution < 1.29 is 27.9 Å². The van der Waals surface area contributed by atoms with E-state index in [9.17, 15) is 27.9 Å². The number of nitrogens with zero attached hydrogens (tertiary/aromatic N) is 5. The quantitative estimate of drug-likeness (QED) is 0.346. The molecule has 2 fully saturated rings. The monoisotopic (exact) mass is 608 g/mol. The van der Waals surface area contributed by atoms with E-state index in [0.717, 1.165) is 30.3 Å². The second-order valence-electron chi connectivity index (χ2n) is 10.3. The Morgan fingerprint density at radius 3 is 2.51 bits per heavy atom. The van der Waals surface area contributed by atoms with Gasteiger partial charge in [0.25, 0.3) is 5.91 Å². The summed E-state index contributed by atoms with van der Waals surface area (Å²) in [6.45, 7) is 4.51. The van der Waals surface area contributed by atoms with Gasteiger partial charge in [0.2, 0.25) is 0 Å². The number of piperidine rings is 1. The predicted octanol–water partition coefficient (Wildman–Crippen LogP) is 5.81. The molecular weight excluding hydrogens is 581 g/mol. The molecule has 1 aromatic carbocycles. The van der Waals surface area contributed by atoms with Crippen molar-refractivity contribution in [3.63, 3.8) is 0 Å². The smallest absolute Gasteiger partial charge is 0.417 e. The molecule has 2 N–H and O–H groups in total. The summed E-state index contributed by atoms with van der Waals surface area (Å²) in [6, 6.07) is 4.02. The number of carbonyl (C=O) groups is 2.